The molecule has 0 aliphatic carbocycles. The topological polar surface area (TPSA) is 195 Å². The number of hydrogen-bond acceptors (Lipinski definition) is 13. The molecule has 0 saturated carbocycles. The van der Waals surface area contributed by atoms with Crippen LogP contribution in [0.5, 0.6) is 0 Å². The molecule has 2 saturated heterocycles. The molecule has 0 bridgehead atoms. The van der Waals surface area contributed by atoms with Gasteiger partial charge in [0.05, 0.1) is 62.4 Å². The van der Waals surface area contributed by atoms with Gasteiger partial charge >= 0.3 is 0 Å². The van der Waals surface area contributed by atoms with Crippen molar-refractivity contribution in [2.24, 2.45) is 0 Å². The number of benzene rings is 4. The molecule has 0 unspecified atom stereocenters. The van der Waals surface area contributed by atoms with Gasteiger partial charge in [0.25, 0.3) is 11.8 Å². The van der Waals surface area contributed by atoms with E-state index in [0.29, 0.717) is 106 Å². The number of halogens is 6. The van der Waals surface area contributed by atoms with Crippen LogP contribution in [0.2, 0.25) is 20.1 Å². The molecule has 400 valence electrons. The maximum absolute atomic E-state index is 13.5. The summed E-state index contributed by atoms with van der Waals surface area (Å²) in [5.74, 6) is -3.13. The molecule has 17 nitrogen and oxygen atoms in total. The van der Waals surface area contributed by atoms with Crippen molar-refractivity contribution in [3.8, 4) is 11.4 Å². The largest absolute Gasteiger partial charge is 0.395 e. The summed E-state index contributed by atoms with van der Waals surface area (Å²) < 4.78 is 82.1. The molecule has 4 aromatic carbocycles. The Balaban J connectivity index is 0.000000186. The predicted octanol–water partition coefficient (Wildman–Crippen LogP) is 6.72. The van der Waals surface area contributed by atoms with E-state index in [2.05, 4.69) is 30.8 Å². The lowest BCUT2D eigenvalue weighted by molar-refractivity contribution is 0.0576. The van der Waals surface area contributed by atoms with Gasteiger partial charge in [-0.15, -0.1) is 0 Å². The van der Waals surface area contributed by atoms with Gasteiger partial charge in [0, 0.05) is 80.1 Å². The van der Waals surface area contributed by atoms with Crippen LogP contribution in [0, 0.1) is 11.6 Å². The van der Waals surface area contributed by atoms with Gasteiger partial charge in [-0.3, -0.25) is 25.3 Å². The Labute approximate surface area is 457 Å². The number of hydrazine groups is 2. The quantitative estimate of drug-likeness (QED) is 0.131. The summed E-state index contributed by atoms with van der Waals surface area (Å²) >= 11 is 25.2. The second-order valence-corrected chi connectivity index (χ2v) is 24.4. The number of carbonyl (C=O) groups excluding carboxylic acids is 2. The standard InChI is InChI=1S/C26H26Cl2FN5O4S.C25H24Cl2FN5O3S/c27-19-3-6-23(22(28)14-19)34-25-18(13-17-1-4-20(29)5-2-17)15-39(37,38)16-21(25)24(30-34)26(36)31-33-9-7-32(8-10-33)11-12-35;1-31-8-10-32(11-9-31)30-25(34)23-20-15-37(35,36)14-17(12-16-2-5-19(28)6-3-16)24(20)33(29-23)22-7-4-18(26)13-21(22)27/h1-6,13-14,35H,7-12,15-16H2,(H,31,36);2-7,12-13H,8-11,14-15H2,1H3,(H,30,34)/b18-13+;17-12+. The van der Waals surface area contributed by atoms with Gasteiger partial charge in [-0.05, 0) is 102 Å². The summed E-state index contributed by atoms with van der Waals surface area (Å²) in [6.45, 7) is 5.83. The number of fused-ring (bicyclic) bond motifs is 2. The first-order valence-corrected chi connectivity index (χ1v) is 29.0. The predicted molar refractivity (Wildman–Crippen MR) is 290 cm³/mol. The molecule has 25 heteroatoms. The number of carbonyl (C=O) groups is 2. The van der Waals surface area contributed by atoms with Gasteiger partial charge in [0.2, 0.25) is 0 Å². The smallest absolute Gasteiger partial charge is 0.286 e. The van der Waals surface area contributed by atoms with E-state index >= 15 is 0 Å². The first-order chi connectivity index (χ1) is 36.2. The van der Waals surface area contributed by atoms with Crippen molar-refractivity contribution >= 4 is 101 Å². The zero-order valence-electron chi connectivity index (χ0n) is 40.7. The van der Waals surface area contributed by atoms with Crippen LogP contribution in [0.3, 0.4) is 0 Å². The van der Waals surface area contributed by atoms with E-state index in [1.165, 1.54) is 33.6 Å². The lowest BCUT2D eigenvalue weighted by Crippen LogP contribution is -2.54. The van der Waals surface area contributed by atoms with Crippen molar-refractivity contribution in [3.05, 3.63) is 162 Å². The number of aliphatic hydroxyl groups excluding tert-OH is 1. The number of hydrogen-bond donors (Lipinski definition) is 3. The Morgan fingerprint density at radius 3 is 1.37 bits per heavy atom. The Morgan fingerprint density at radius 1 is 0.592 bits per heavy atom. The SMILES string of the molecule is CN1CCN(NC(=O)c2nn(-c3ccc(Cl)cc3Cl)c3c2CS(=O)(=O)C/C3=C\c2ccc(F)cc2)CC1.O=C(NN1CCN(CCO)CC1)c1nn(-c2ccc(Cl)cc2Cl)c2c1CS(=O)(=O)C/C2=C\c1ccc(F)cc1. The number of amides is 2. The minimum atomic E-state index is -3.64. The molecule has 2 fully saturated rings. The molecule has 6 aromatic rings. The number of sulfone groups is 2. The summed E-state index contributed by atoms with van der Waals surface area (Å²) in [7, 11) is -5.23. The zero-order valence-corrected chi connectivity index (χ0v) is 45.4. The minimum Gasteiger partial charge on any atom is -0.395 e. The fourth-order valence-electron chi connectivity index (χ4n) is 9.28. The second kappa shape index (κ2) is 23.2. The fraction of sp³-hybridized carbons (Fsp3) is 0.294. The van der Waals surface area contributed by atoms with Crippen LogP contribution in [0.1, 0.15) is 54.6 Å². The van der Waals surface area contributed by atoms with Crippen LogP contribution in [-0.4, -0.2) is 157 Å². The van der Waals surface area contributed by atoms with Gasteiger partial charge in [0.15, 0.2) is 31.1 Å². The van der Waals surface area contributed by atoms with Crippen LogP contribution < -0.4 is 10.9 Å². The highest BCUT2D eigenvalue weighted by Crippen LogP contribution is 2.39. The molecule has 4 aliphatic heterocycles. The van der Waals surface area contributed by atoms with Gasteiger partial charge < -0.3 is 10.0 Å². The van der Waals surface area contributed by atoms with E-state index < -0.39 is 43.1 Å². The van der Waals surface area contributed by atoms with Crippen molar-refractivity contribution in [2.45, 2.75) is 11.5 Å². The number of likely N-dealkylation sites (N-methyl/N-ethyl adjacent to an activating group) is 1. The lowest BCUT2D eigenvalue weighted by Gasteiger charge is -2.34. The molecule has 10 rings (SSSR count). The molecular weight excluding hydrogens is 1110 g/mol. The highest BCUT2D eigenvalue weighted by Gasteiger charge is 2.38. The van der Waals surface area contributed by atoms with Gasteiger partial charge in [-0.25, -0.2) is 45.0 Å². The summed E-state index contributed by atoms with van der Waals surface area (Å²) in [6, 6.07) is 21.1. The van der Waals surface area contributed by atoms with E-state index in [0.717, 1.165) is 13.1 Å². The monoisotopic (exact) mass is 1160 g/mol. The fourth-order valence-corrected chi connectivity index (χ4v) is 13.3. The van der Waals surface area contributed by atoms with Crippen LogP contribution >= 0.6 is 46.4 Å². The number of nitrogens with zero attached hydrogens (tertiary/aromatic N) is 8. The summed E-state index contributed by atoms with van der Waals surface area (Å²) in [5, 5.41) is 23.3. The van der Waals surface area contributed by atoms with E-state index in [4.69, 9.17) is 51.5 Å². The van der Waals surface area contributed by atoms with Crippen LogP contribution in [0.4, 0.5) is 8.78 Å². The molecule has 2 amide bonds. The first-order valence-electron chi connectivity index (χ1n) is 23.8. The Bertz CT molecular complexity index is 3490. The highest BCUT2D eigenvalue weighted by molar-refractivity contribution is 7.91. The minimum absolute atomic E-state index is 0.00762. The van der Waals surface area contributed by atoms with Crippen molar-refractivity contribution < 1.29 is 40.3 Å². The summed E-state index contributed by atoms with van der Waals surface area (Å²) in [5.41, 5.74) is 10.1. The Kier molecular flexibility index (Phi) is 16.8. The Morgan fingerprint density at radius 2 is 0.987 bits per heavy atom. The molecule has 3 N–H and O–H groups in total. The van der Waals surface area contributed by atoms with Crippen molar-refractivity contribution in [2.75, 3.05) is 84.1 Å². The number of aliphatic hydroxyl groups is 1. The van der Waals surface area contributed by atoms with Crippen molar-refractivity contribution in [1.29, 1.82) is 0 Å². The van der Waals surface area contributed by atoms with Crippen LogP contribution in [0.25, 0.3) is 34.7 Å². The van der Waals surface area contributed by atoms with Crippen molar-refractivity contribution in [1.82, 2.24) is 50.2 Å². The van der Waals surface area contributed by atoms with Crippen LogP contribution in [0.15, 0.2) is 84.9 Å². The normalized spacial score (nSPS) is 18.9. The van der Waals surface area contributed by atoms with Gasteiger partial charge in [0.1, 0.15) is 11.6 Å². The molecule has 76 heavy (non-hydrogen) atoms. The highest BCUT2D eigenvalue weighted by atomic mass is 35.5. The molecule has 4 aliphatic rings. The average Bonchev–Trinajstić information content (AvgIpc) is 3.97. The van der Waals surface area contributed by atoms with E-state index in [1.807, 2.05) is 7.05 Å². The summed E-state index contributed by atoms with van der Waals surface area (Å²) in [4.78, 5) is 31.1. The molecule has 6 heterocycles. The lowest BCUT2D eigenvalue weighted by atomic mass is 10.0. The third kappa shape index (κ3) is 12.9. The average molecular weight is 1160 g/mol. The number of rotatable bonds is 10. The zero-order chi connectivity index (χ0) is 54.1. The van der Waals surface area contributed by atoms with Crippen LogP contribution in [-0.2, 0) is 31.2 Å². The second-order valence-electron chi connectivity index (χ2n) is 18.6. The number of piperazine rings is 2. The van der Waals surface area contributed by atoms with Crippen molar-refractivity contribution in [3.63, 3.8) is 0 Å². The van der Waals surface area contributed by atoms with E-state index in [9.17, 15) is 35.2 Å². The third-order valence-electron chi connectivity index (χ3n) is 13.0. The molecule has 2 aromatic heterocycles. The van der Waals surface area contributed by atoms with E-state index in [-0.39, 0.29) is 57.2 Å². The summed E-state index contributed by atoms with van der Waals surface area (Å²) in [6.07, 6.45) is 3.32. The third-order valence-corrected chi connectivity index (χ3v) is 17.0. The van der Waals surface area contributed by atoms with Gasteiger partial charge in [-0.2, -0.15) is 10.2 Å². The maximum Gasteiger partial charge on any atom is 0.286 e. The number of nitrogens with one attached hydrogen (secondary N) is 2. The molecule has 0 radical (unpaired) electrons. The molecule has 0 spiro atoms. The maximum atomic E-state index is 13.5. The number of β-amino-alcohol motifs (C(OH)–C–C–N with tert-alkyl or cyclic N) is 1. The molecular formula is C51H50Cl4F2N10O7S2. The van der Waals surface area contributed by atoms with E-state index in [1.54, 1.807) is 82.8 Å². The van der Waals surface area contributed by atoms with Gasteiger partial charge in [-0.1, -0.05) is 70.7 Å². The molecule has 0 atom stereocenters. The first kappa shape index (κ1) is 55.2. The Hall–Kier alpha value is -5.56. The number of aromatic nitrogens is 4.